The lowest BCUT2D eigenvalue weighted by molar-refractivity contribution is -0.385. The summed E-state index contributed by atoms with van der Waals surface area (Å²) in [5, 5.41) is 14.6. The van der Waals surface area contributed by atoms with Crippen LogP contribution in [0, 0.1) is 24.0 Å². The van der Waals surface area contributed by atoms with E-state index in [9.17, 15) is 10.1 Å². The van der Waals surface area contributed by atoms with Crippen molar-refractivity contribution in [3.8, 4) is 0 Å². The van der Waals surface area contributed by atoms with Crippen molar-refractivity contribution in [2.75, 3.05) is 10.7 Å². The second kappa shape index (κ2) is 5.90. The number of aromatic nitrogens is 2. The van der Waals surface area contributed by atoms with E-state index in [1.165, 1.54) is 6.92 Å². The molecule has 1 aromatic heterocycles. The Balaban J connectivity index is 2.48. The predicted molar refractivity (Wildman–Crippen MR) is 80.7 cm³/mol. The number of nitrogens with one attached hydrogen (secondary N) is 2. The van der Waals surface area contributed by atoms with Gasteiger partial charge >= 0.3 is 5.69 Å². The summed E-state index contributed by atoms with van der Waals surface area (Å²) in [5.74, 6) is 5.38. The third-order valence-corrected chi connectivity index (χ3v) is 3.21. The van der Waals surface area contributed by atoms with E-state index in [0.29, 0.717) is 10.7 Å². The van der Waals surface area contributed by atoms with E-state index in [1.807, 2.05) is 6.92 Å². The first-order chi connectivity index (χ1) is 9.92. The predicted octanol–water partition coefficient (Wildman–Crippen LogP) is 2.68. The van der Waals surface area contributed by atoms with E-state index in [-0.39, 0.29) is 23.1 Å². The van der Waals surface area contributed by atoms with Crippen LogP contribution in [0.1, 0.15) is 11.3 Å². The summed E-state index contributed by atoms with van der Waals surface area (Å²) in [4.78, 5) is 18.5. The molecular formula is C12H13ClN6O2. The lowest BCUT2D eigenvalue weighted by Crippen LogP contribution is -2.13. The Bertz CT molecular complexity index is 706. The molecule has 0 saturated heterocycles. The van der Waals surface area contributed by atoms with Crippen LogP contribution < -0.4 is 16.6 Å². The van der Waals surface area contributed by atoms with Gasteiger partial charge in [-0.2, -0.15) is 4.98 Å². The third-order valence-electron chi connectivity index (χ3n) is 2.80. The van der Waals surface area contributed by atoms with Gasteiger partial charge in [0.1, 0.15) is 5.69 Å². The molecule has 1 heterocycles. The molecule has 2 aromatic rings. The highest BCUT2D eigenvalue weighted by Gasteiger charge is 2.22. The summed E-state index contributed by atoms with van der Waals surface area (Å²) in [7, 11) is 0. The Hall–Kier alpha value is -2.45. The molecule has 0 aliphatic rings. The minimum atomic E-state index is -0.548. The van der Waals surface area contributed by atoms with Crippen molar-refractivity contribution in [3.05, 3.63) is 44.6 Å². The Morgan fingerprint density at radius 3 is 2.62 bits per heavy atom. The number of rotatable bonds is 4. The number of aryl methyl sites for hydroxylation is 2. The molecule has 0 bridgehead atoms. The van der Waals surface area contributed by atoms with Crippen LogP contribution in [0.15, 0.2) is 18.2 Å². The van der Waals surface area contributed by atoms with Gasteiger partial charge in [-0.05, 0) is 31.5 Å². The van der Waals surface area contributed by atoms with Gasteiger partial charge in [-0.3, -0.25) is 15.5 Å². The van der Waals surface area contributed by atoms with E-state index in [2.05, 4.69) is 20.7 Å². The van der Waals surface area contributed by atoms with E-state index >= 15 is 0 Å². The van der Waals surface area contributed by atoms with E-state index in [4.69, 9.17) is 17.4 Å². The smallest absolute Gasteiger partial charge is 0.332 e. The molecule has 0 fully saturated rings. The Kier molecular flexibility index (Phi) is 4.20. The molecule has 0 unspecified atom stereocenters. The van der Waals surface area contributed by atoms with Gasteiger partial charge in [0.2, 0.25) is 11.8 Å². The van der Waals surface area contributed by atoms with Crippen molar-refractivity contribution in [2.45, 2.75) is 13.8 Å². The molecule has 0 aliphatic carbocycles. The quantitative estimate of drug-likeness (QED) is 0.451. The molecule has 1 aromatic carbocycles. The maximum Gasteiger partial charge on any atom is 0.332 e. The average Bonchev–Trinajstić information content (AvgIpc) is 2.41. The van der Waals surface area contributed by atoms with Crippen LogP contribution in [0.2, 0.25) is 5.02 Å². The second-order valence-electron chi connectivity index (χ2n) is 4.32. The summed E-state index contributed by atoms with van der Waals surface area (Å²) in [5.41, 5.74) is 3.73. The van der Waals surface area contributed by atoms with Gasteiger partial charge in [0.15, 0.2) is 0 Å². The van der Waals surface area contributed by atoms with Gasteiger partial charge < -0.3 is 5.32 Å². The first kappa shape index (κ1) is 14.9. The molecule has 0 aliphatic heterocycles. The van der Waals surface area contributed by atoms with Crippen molar-refractivity contribution in [3.63, 3.8) is 0 Å². The molecular weight excluding hydrogens is 296 g/mol. The maximum atomic E-state index is 11.2. The number of nitrogens with two attached hydrogens (primary N) is 1. The number of hydrogen-bond acceptors (Lipinski definition) is 7. The molecule has 0 amide bonds. The molecule has 0 saturated carbocycles. The number of nitro groups is 1. The third kappa shape index (κ3) is 3.18. The van der Waals surface area contributed by atoms with Crippen LogP contribution in [0.3, 0.4) is 0 Å². The van der Waals surface area contributed by atoms with Gasteiger partial charge in [0, 0.05) is 10.7 Å². The average molecular weight is 309 g/mol. The zero-order valence-corrected chi connectivity index (χ0v) is 12.1. The van der Waals surface area contributed by atoms with Crippen LogP contribution in [-0.2, 0) is 0 Å². The molecule has 4 N–H and O–H groups in total. The largest absolute Gasteiger partial charge is 0.334 e. The van der Waals surface area contributed by atoms with Gasteiger partial charge in [0.25, 0.3) is 0 Å². The summed E-state index contributed by atoms with van der Waals surface area (Å²) in [6, 6.07) is 5.21. The van der Waals surface area contributed by atoms with Crippen molar-refractivity contribution < 1.29 is 4.92 Å². The highest BCUT2D eigenvalue weighted by atomic mass is 35.5. The van der Waals surface area contributed by atoms with Crippen molar-refractivity contribution in [1.82, 2.24) is 9.97 Å². The fourth-order valence-electron chi connectivity index (χ4n) is 1.74. The zero-order chi connectivity index (χ0) is 15.6. The molecule has 0 spiro atoms. The summed E-state index contributed by atoms with van der Waals surface area (Å²) >= 11 is 6.03. The van der Waals surface area contributed by atoms with Gasteiger partial charge in [-0.1, -0.05) is 17.7 Å². The monoisotopic (exact) mass is 308 g/mol. The van der Waals surface area contributed by atoms with Crippen molar-refractivity contribution >= 4 is 34.7 Å². The fourth-order valence-corrected chi connectivity index (χ4v) is 1.93. The fraction of sp³-hybridized carbons (Fsp3) is 0.167. The lowest BCUT2D eigenvalue weighted by atomic mass is 10.2. The van der Waals surface area contributed by atoms with Crippen LogP contribution in [0.5, 0.6) is 0 Å². The minimum Gasteiger partial charge on any atom is -0.334 e. The zero-order valence-electron chi connectivity index (χ0n) is 11.3. The van der Waals surface area contributed by atoms with Crippen LogP contribution >= 0.6 is 11.6 Å². The number of halogens is 1. The second-order valence-corrected chi connectivity index (χ2v) is 4.73. The summed E-state index contributed by atoms with van der Waals surface area (Å²) in [6.45, 7) is 3.37. The number of benzene rings is 1. The first-order valence-electron chi connectivity index (χ1n) is 5.95. The molecule has 110 valence electrons. The highest BCUT2D eigenvalue weighted by Crippen LogP contribution is 2.30. The highest BCUT2D eigenvalue weighted by molar-refractivity contribution is 6.31. The van der Waals surface area contributed by atoms with E-state index in [1.54, 1.807) is 18.2 Å². The Morgan fingerprint density at radius 2 is 2.05 bits per heavy atom. The first-order valence-corrected chi connectivity index (χ1v) is 6.33. The normalized spacial score (nSPS) is 10.3. The SMILES string of the molecule is Cc1ccc(Nc2nc(NN)nc(C)c2[N+](=O)[O-])cc1Cl. The number of hydrogen-bond donors (Lipinski definition) is 3. The van der Waals surface area contributed by atoms with E-state index < -0.39 is 4.92 Å². The number of hydrazine groups is 1. The molecule has 0 radical (unpaired) electrons. The minimum absolute atomic E-state index is 0.0420. The van der Waals surface area contributed by atoms with Crippen molar-refractivity contribution in [2.24, 2.45) is 5.84 Å². The summed E-state index contributed by atoms with van der Waals surface area (Å²) < 4.78 is 0. The number of nitrogen functional groups attached to an aromatic ring is 1. The van der Waals surface area contributed by atoms with Gasteiger partial charge in [-0.15, -0.1) is 0 Å². The molecule has 8 nitrogen and oxygen atoms in total. The number of nitrogens with zero attached hydrogens (tertiary/aromatic N) is 3. The van der Waals surface area contributed by atoms with Gasteiger partial charge in [0.05, 0.1) is 4.92 Å². The molecule has 21 heavy (non-hydrogen) atoms. The Labute approximate surface area is 125 Å². The topological polar surface area (TPSA) is 119 Å². The molecule has 2 rings (SSSR count). The summed E-state index contributed by atoms with van der Waals surface area (Å²) in [6.07, 6.45) is 0. The molecule has 9 heteroatoms. The van der Waals surface area contributed by atoms with Crippen LogP contribution in [0.25, 0.3) is 0 Å². The van der Waals surface area contributed by atoms with Gasteiger partial charge in [-0.25, -0.2) is 10.8 Å². The lowest BCUT2D eigenvalue weighted by Gasteiger charge is -2.10. The van der Waals surface area contributed by atoms with Crippen molar-refractivity contribution in [1.29, 1.82) is 0 Å². The maximum absolute atomic E-state index is 11.2. The van der Waals surface area contributed by atoms with Crippen LogP contribution in [-0.4, -0.2) is 14.9 Å². The van der Waals surface area contributed by atoms with E-state index in [0.717, 1.165) is 5.56 Å². The molecule has 0 atom stereocenters. The Morgan fingerprint density at radius 1 is 1.33 bits per heavy atom. The number of anilines is 3. The van der Waals surface area contributed by atoms with Crippen LogP contribution in [0.4, 0.5) is 23.1 Å². The standard InChI is InChI=1S/C12H13ClN6O2/c1-6-3-4-8(5-9(6)13)16-11-10(19(20)21)7(2)15-12(17-11)18-14/h3-5H,14H2,1-2H3,(H2,15,16,17,18).